The molecule has 2 fully saturated rings. The van der Waals surface area contributed by atoms with Gasteiger partial charge in [-0.3, -0.25) is 24.6 Å². The molecule has 2 aromatic rings. The van der Waals surface area contributed by atoms with Crippen molar-refractivity contribution < 1.29 is 14.5 Å². The highest BCUT2D eigenvalue weighted by Gasteiger charge is 2.48. The summed E-state index contributed by atoms with van der Waals surface area (Å²) in [6.45, 7) is 0. The quantitative estimate of drug-likeness (QED) is 0.444. The van der Waals surface area contributed by atoms with Crippen molar-refractivity contribution in [2.45, 2.75) is 35.5 Å². The van der Waals surface area contributed by atoms with Crippen molar-refractivity contribution in [3.05, 3.63) is 58.6 Å². The summed E-state index contributed by atoms with van der Waals surface area (Å²) in [5, 5.41) is 10.7. The van der Waals surface area contributed by atoms with Gasteiger partial charge in [0.25, 0.3) is 5.69 Å². The molecule has 27 heavy (non-hydrogen) atoms. The van der Waals surface area contributed by atoms with Crippen LogP contribution < -0.4 is 4.90 Å². The number of nitro groups is 1. The summed E-state index contributed by atoms with van der Waals surface area (Å²) < 4.78 is 0. The van der Waals surface area contributed by atoms with Crippen molar-refractivity contribution in [1.82, 2.24) is 0 Å². The van der Waals surface area contributed by atoms with Gasteiger partial charge < -0.3 is 0 Å². The molecule has 6 nitrogen and oxygen atoms in total. The van der Waals surface area contributed by atoms with E-state index >= 15 is 0 Å². The van der Waals surface area contributed by atoms with E-state index in [1.54, 1.807) is 24.3 Å². The molecular weight excluding hydrogens is 364 g/mol. The minimum absolute atomic E-state index is 0.0576. The third kappa shape index (κ3) is 3.35. The Hall–Kier alpha value is -2.67. The third-order valence-corrected chi connectivity index (χ3v) is 6.24. The number of anilines is 1. The number of nitrogens with zero attached hydrogens (tertiary/aromatic N) is 2. The molecular formula is C20H18N2O4S. The topological polar surface area (TPSA) is 80.5 Å². The maximum Gasteiger partial charge on any atom is 0.269 e. The van der Waals surface area contributed by atoms with Gasteiger partial charge in [-0.1, -0.05) is 24.6 Å². The fourth-order valence-corrected chi connectivity index (χ4v) is 4.67. The van der Waals surface area contributed by atoms with Crippen LogP contribution in [0.5, 0.6) is 0 Å². The molecule has 1 aliphatic carbocycles. The smallest absolute Gasteiger partial charge is 0.269 e. The molecule has 0 bridgehead atoms. The van der Waals surface area contributed by atoms with Crippen molar-refractivity contribution in [3.8, 4) is 0 Å². The second-order valence-electron chi connectivity index (χ2n) is 6.86. The average Bonchev–Trinajstić information content (AvgIpc) is 2.94. The van der Waals surface area contributed by atoms with E-state index in [2.05, 4.69) is 0 Å². The second-order valence-corrected chi connectivity index (χ2v) is 8.00. The molecule has 7 heteroatoms. The zero-order valence-corrected chi connectivity index (χ0v) is 15.4. The van der Waals surface area contributed by atoms with E-state index in [9.17, 15) is 19.7 Å². The van der Waals surface area contributed by atoms with Gasteiger partial charge in [-0.25, -0.2) is 0 Å². The maximum absolute atomic E-state index is 12.7. The van der Waals surface area contributed by atoms with E-state index in [0.717, 1.165) is 35.5 Å². The number of rotatable bonds is 4. The first-order valence-corrected chi connectivity index (χ1v) is 9.76. The molecule has 0 radical (unpaired) electrons. The monoisotopic (exact) mass is 382 g/mol. The lowest BCUT2D eigenvalue weighted by Gasteiger charge is -2.19. The summed E-state index contributed by atoms with van der Waals surface area (Å²) in [5.74, 6) is -0.443. The van der Waals surface area contributed by atoms with Crippen LogP contribution >= 0.6 is 11.8 Å². The van der Waals surface area contributed by atoms with Crippen molar-refractivity contribution in [2.75, 3.05) is 4.90 Å². The molecule has 2 aliphatic rings. The molecule has 0 unspecified atom stereocenters. The lowest BCUT2D eigenvalue weighted by molar-refractivity contribution is -0.384. The summed E-state index contributed by atoms with van der Waals surface area (Å²) in [7, 11) is 0. The van der Waals surface area contributed by atoms with E-state index in [0.29, 0.717) is 5.69 Å². The Balaban J connectivity index is 1.49. The standard InChI is InChI=1S/C20H18N2O4S/c23-19-17-3-1-2-4-18(17)20(24)21(19)13-5-9-15(10-6-13)27-16-11-7-14(8-12-16)22(25)26/h5-12,17-18H,1-4H2/t17-,18-/m0/s1. The highest BCUT2D eigenvalue weighted by molar-refractivity contribution is 7.99. The van der Waals surface area contributed by atoms with Gasteiger partial charge in [0.15, 0.2) is 0 Å². The lowest BCUT2D eigenvalue weighted by Crippen LogP contribution is -2.30. The molecule has 1 saturated heterocycles. The molecule has 1 aliphatic heterocycles. The van der Waals surface area contributed by atoms with Gasteiger partial charge in [0.1, 0.15) is 0 Å². The van der Waals surface area contributed by atoms with Crippen LogP contribution in [0, 0.1) is 22.0 Å². The number of hydrogen-bond donors (Lipinski definition) is 0. The number of hydrogen-bond acceptors (Lipinski definition) is 5. The van der Waals surface area contributed by atoms with Crippen LogP contribution in [0.3, 0.4) is 0 Å². The number of carbonyl (C=O) groups excluding carboxylic acids is 2. The molecule has 2 amide bonds. The van der Waals surface area contributed by atoms with Gasteiger partial charge in [-0.2, -0.15) is 0 Å². The SMILES string of the molecule is O=C1[C@H]2CCCC[C@@H]2C(=O)N1c1ccc(Sc2ccc([N+](=O)[O-])cc2)cc1. The summed E-state index contributed by atoms with van der Waals surface area (Å²) in [6, 6.07) is 13.7. The van der Waals surface area contributed by atoms with Crippen LogP contribution in [-0.2, 0) is 9.59 Å². The summed E-state index contributed by atoms with van der Waals surface area (Å²) >= 11 is 1.47. The molecule has 4 rings (SSSR count). The van der Waals surface area contributed by atoms with Crippen LogP contribution in [0.25, 0.3) is 0 Å². The van der Waals surface area contributed by atoms with Crippen LogP contribution in [0.4, 0.5) is 11.4 Å². The Labute approximate surface area is 160 Å². The second kappa shape index (κ2) is 7.15. The van der Waals surface area contributed by atoms with Gasteiger partial charge in [0.05, 0.1) is 22.4 Å². The Bertz CT molecular complexity index is 871. The fourth-order valence-electron chi connectivity index (χ4n) is 3.85. The van der Waals surface area contributed by atoms with Crippen molar-refractivity contribution in [3.63, 3.8) is 0 Å². The first-order valence-electron chi connectivity index (χ1n) is 8.95. The van der Waals surface area contributed by atoms with Crippen LogP contribution in [0.1, 0.15) is 25.7 Å². The number of benzene rings is 2. The first kappa shape index (κ1) is 17.7. The van der Waals surface area contributed by atoms with E-state index in [1.165, 1.54) is 28.8 Å². The van der Waals surface area contributed by atoms with Crippen LogP contribution in [-0.4, -0.2) is 16.7 Å². The zero-order valence-electron chi connectivity index (χ0n) is 14.5. The van der Waals surface area contributed by atoms with Crippen LogP contribution in [0.15, 0.2) is 58.3 Å². The number of imide groups is 1. The lowest BCUT2D eigenvalue weighted by atomic mass is 9.81. The van der Waals surface area contributed by atoms with Crippen molar-refractivity contribution in [1.29, 1.82) is 0 Å². The minimum atomic E-state index is -0.426. The molecule has 0 N–H and O–H groups in total. The third-order valence-electron chi connectivity index (χ3n) is 5.22. The van der Waals surface area contributed by atoms with Crippen LogP contribution in [0.2, 0.25) is 0 Å². The zero-order chi connectivity index (χ0) is 19.0. The highest BCUT2D eigenvalue weighted by Crippen LogP contribution is 2.40. The Morgan fingerprint density at radius 2 is 1.33 bits per heavy atom. The Morgan fingerprint density at radius 1 is 0.852 bits per heavy atom. The Morgan fingerprint density at radius 3 is 1.81 bits per heavy atom. The fraction of sp³-hybridized carbons (Fsp3) is 0.300. The summed E-state index contributed by atoms with van der Waals surface area (Å²) in [4.78, 5) is 38.8. The largest absolute Gasteiger partial charge is 0.274 e. The number of fused-ring (bicyclic) bond motifs is 1. The van der Waals surface area contributed by atoms with Gasteiger partial charge in [0, 0.05) is 21.9 Å². The van der Waals surface area contributed by atoms with Gasteiger partial charge in [-0.05, 0) is 49.2 Å². The predicted molar refractivity (Wildman–Crippen MR) is 102 cm³/mol. The number of nitro benzene ring substituents is 1. The van der Waals surface area contributed by atoms with Gasteiger partial charge in [0.2, 0.25) is 11.8 Å². The van der Waals surface area contributed by atoms with Gasteiger partial charge >= 0.3 is 0 Å². The highest BCUT2D eigenvalue weighted by atomic mass is 32.2. The normalized spacial score (nSPS) is 22.0. The van der Waals surface area contributed by atoms with E-state index in [1.807, 2.05) is 12.1 Å². The molecule has 0 spiro atoms. The van der Waals surface area contributed by atoms with Crippen molar-refractivity contribution >= 4 is 35.0 Å². The summed E-state index contributed by atoms with van der Waals surface area (Å²) in [6.07, 6.45) is 3.64. The molecule has 1 saturated carbocycles. The molecule has 138 valence electrons. The van der Waals surface area contributed by atoms with Crippen molar-refractivity contribution in [2.24, 2.45) is 11.8 Å². The van der Waals surface area contributed by atoms with E-state index in [-0.39, 0.29) is 29.3 Å². The number of carbonyl (C=O) groups is 2. The minimum Gasteiger partial charge on any atom is -0.274 e. The predicted octanol–water partition coefficient (Wildman–Crippen LogP) is 4.43. The number of amides is 2. The van der Waals surface area contributed by atoms with E-state index in [4.69, 9.17) is 0 Å². The van der Waals surface area contributed by atoms with Gasteiger partial charge in [-0.15, -0.1) is 0 Å². The molecule has 2 atom stereocenters. The average molecular weight is 382 g/mol. The van der Waals surface area contributed by atoms with E-state index < -0.39 is 4.92 Å². The molecule has 1 heterocycles. The maximum atomic E-state index is 12.7. The molecule has 2 aromatic carbocycles. The first-order chi connectivity index (χ1) is 13.0. The molecule has 0 aromatic heterocycles. The number of non-ortho nitro benzene ring substituents is 1. The summed E-state index contributed by atoms with van der Waals surface area (Å²) in [5.41, 5.74) is 0.676. The Kier molecular flexibility index (Phi) is 4.70.